The molecule has 0 fully saturated rings. The van der Waals surface area contributed by atoms with Crippen LogP contribution in [0.1, 0.15) is 16.7 Å². The van der Waals surface area contributed by atoms with E-state index in [0.29, 0.717) is 36.6 Å². The number of rotatable bonds is 4. The van der Waals surface area contributed by atoms with Crippen LogP contribution in [0.3, 0.4) is 0 Å². The van der Waals surface area contributed by atoms with Gasteiger partial charge in [0.2, 0.25) is 5.65 Å². The van der Waals surface area contributed by atoms with Crippen molar-refractivity contribution in [2.24, 2.45) is 0 Å². The predicted octanol–water partition coefficient (Wildman–Crippen LogP) is 3.18. The number of ether oxygens (including phenoxy) is 1. The van der Waals surface area contributed by atoms with Gasteiger partial charge in [-0.1, -0.05) is 0 Å². The zero-order valence-electron chi connectivity index (χ0n) is 15.2. The Morgan fingerprint density at radius 1 is 1.25 bits per heavy atom. The average Bonchev–Trinajstić information content (AvgIpc) is 3.37. The van der Waals surface area contributed by atoms with Gasteiger partial charge in [0.25, 0.3) is 0 Å². The normalized spacial score (nSPS) is 12.8. The first-order valence-corrected chi connectivity index (χ1v) is 8.99. The Balaban J connectivity index is 1.51. The molecule has 0 aliphatic carbocycles. The van der Waals surface area contributed by atoms with Crippen molar-refractivity contribution < 1.29 is 9.13 Å². The Morgan fingerprint density at radius 3 is 3.07 bits per heavy atom. The number of benzene rings is 1. The molecule has 4 aromatic rings. The molecule has 3 aromatic heterocycles. The van der Waals surface area contributed by atoms with Gasteiger partial charge < -0.3 is 10.1 Å². The molecule has 1 aromatic carbocycles. The summed E-state index contributed by atoms with van der Waals surface area (Å²) in [6.07, 6.45) is 7.64. The molecule has 0 spiro atoms. The fourth-order valence-corrected chi connectivity index (χ4v) is 3.55. The van der Waals surface area contributed by atoms with E-state index in [0.717, 1.165) is 28.1 Å². The Morgan fingerprint density at radius 2 is 2.18 bits per heavy atom. The van der Waals surface area contributed by atoms with Gasteiger partial charge in [-0.2, -0.15) is 0 Å². The van der Waals surface area contributed by atoms with Gasteiger partial charge in [0.15, 0.2) is 5.82 Å². The standard InChI is InChI=1S/C20H17FN6O/c1-12-4-6-22-8-14(12)17-10-24-19(20-26-25-11-27(17)20)23-9-15-13-5-7-28-18(13)3-2-16(15)21/h2-4,6,8,10-11H,5,7,9H2,1H3,(H,23,24). The lowest BCUT2D eigenvalue weighted by Gasteiger charge is -2.13. The molecule has 0 saturated carbocycles. The number of aromatic nitrogens is 5. The van der Waals surface area contributed by atoms with Crippen LogP contribution in [0.4, 0.5) is 10.2 Å². The van der Waals surface area contributed by atoms with E-state index in [-0.39, 0.29) is 5.82 Å². The van der Waals surface area contributed by atoms with Crippen molar-refractivity contribution in [3.05, 3.63) is 65.6 Å². The van der Waals surface area contributed by atoms with Crippen molar-refractivity contribution in [3.63, 3.8) is 0 Å². The van der Waals surface area contributed by atoms with Crippen LogP contribution in [0, 0.1) is 12.7 Å². The molecular formula is C20H17FN6O. The fourth-order valence-electron chi connectivity index (χ4n) is 3.55. The first-order valence-electron chi connectivity index (χ1n) is 8.99. The van der Waals surface area contributed by atoms with Crippen molar-refractivity contribution >= 4 is 11.5 Å². The third-order valence-electron chi connectivity index (χ3n) is 5.02. The first-order chi connectivity index (χ1) is 13.7. The monoisotopic (exact) mass is 376 g/mol. The van der Waals surface area contributed by atoms with Gasteiger partial charge in [0.1, 0.15) is 17.9 Å². The fraction of sp³-hybridized carbons (Fsp3) is 0.200. The first kappa shape index (κ1) is 16.6. The van der Waals surface area contributed by atoms with Gasteiger partial charge in [-0.25, -0.2) is 9.37 Å². The lowest BCUT2D eigenvalue weighted by molar-refractivity contribution is 0.356. The minimum Gasteiger partial charge on any atom is -0.493 e. The topological polar surface area (TPSA) is 77.2 Å². The van der Waals surface area contributed by atoms with Gasteiger partial charge in [-0.05, 0) is 30.7 Å². The average molecular weight is 376 g/mol. The Bertz CT molecular complexity index is 1190. The summed E-state index contributed by atoms with van der Waals surface area (Å²) in [4.78, 5) is 8.72. The van der Waals surface area contributed by atoms with E-state index in [1.807, 2.05) is 17.4 Å². The molecule has 0 amide bonds. The van der Waals surface area contributed by atoms with Crippen LogP contribution in [0.15, 0.2) is 43.1 Å². The minimum absolute atomic E-state index is 0.253. The van der Waals surface area contributed by atoms with E-state index in [1.54, 1.807) is 31.0 Å². The predicted molar refractivity (Wildman–Crippen MR) is 102 cm³/mol. The highest BCUT2D eigenvalue weighted by Crippen LogP contribution is 2.31. The van der Waals surface area contributed by atoms with Gasteiger partial charge in [-0.3, -0.25) is 9.38 Å². The van der Waals surface area contributed by atoms with Crippen LogP contribution in [-0.2, 0) is 13.0 Å². The summed E-state index contributed by atoms with van der Waals surface area (Å²) in [5.41, 5.74) is 4.96. The highest BCUT2D eigenvalue weighted by Gasteiger charge is 2.20. The van der Waals surface area contributed by atoms with Gasteiger partial charge >= 0.3 is 0 Å². The van der Waals surface area contributed by atoms with E-state index in [2.05, 4.69) is 25.5 Å². The molecule has 1 N–H and O–H groups in total. The molecule has 1 aliphatic rings. The number of pyridine rings is 1. The number of hydrogen-bond acceptors (Lipinski definition) is 6. The Labute approximate surface area is 160 Å². The number of aryl methyl sites for hydroxylation is 1. The summed E-state index contributed by atoms with van der Waals surface area (Å²) in [6, 6.07) is 5.06. The van der Waals surface area contributed by atoms with E-state index < -0.39 is 0 Å². The molecule has 4 heterocycles. The molecule has 5 rings (SSSR count). The highest BCUT2D eigenvalue weighted by molar-refractivity contribution is 5.71. The van der Waals surface area contributed by atoms with Crippen LogP contribution < -0.4 is 10.1 Å². The molecule has 7 nitrogen and oxygen atoms in total. The minimum atomic E-state index is -0.253. The third kappa shape index (κ3) is 2.65. The van der Waals surface area contributed by atoms with Crippen molar-refractivity contribution in [2.75, 3.05) is 11.9 Å². The van der Waals surface area contributed by atoms with Crippen LogP contribution in [-0.4, -0.2) is 31.2 Å². The van der Waals surface area contributed by atoms with Gasteiger partial charge in [-0.15, -0.1) is 10.2 Å². The largest absolute Gasteiger partial charge is 0.493 e. The SMILES string of the molecule is Cc1ccncc1-c1cnc(NCc2c(F)ccc3c2CCO3)c2nncn12. The van der Waals surface area contributed by atoms with Crippen LogP contribution in [0.25, 0.3) is 16.9 Å². The number of nitrogens with one attached hydrogen (secondary N) is 1. The molecule has 0 atom stereocenters. The van der Waals surface area contributed by atoms with E-state index >= 15 is 0 Å². The summed E-state index contributed by atoms with van der Waals surface area (Å²) < 4.78 is 21.8. The maximum Gasteiger partial charge on any atom is 0.203 e. The number of hydrogen-bond donors (Lipinski definition) is 1. The maximum absolute atomic E-state index is 14.4. The molecule has 0 radical (unpaired) electrons. The zero-order valence-corrected chi connectivity index (χ0v) is 15.2. The molecule has 140 valence electrons. The Hall–Kier alpha value is -3.55. The molecule has 0 bridgehead atoms. The van der Waals surface area contributed by atoms with Crippen molar-refractivity contribution in [1.29, 1.82) is 0 Å². The summed E-state index contributed by atoms with van der Waals surface area (Å²) in [5, 5.41) is 11.4. The lowest BCUT2D eigenvalue weighted by atomic mass is 10.0. The molecule has 0 unspecified atom stereocenters. The van der Waals surface area contributed by atoms with Crippen LogP contribution >= 0.6 is 0 Å². The second-order valence-corrected chi connectivity index (χ2v) is 6.66. The van der Waals surface area contributed by atoms with Crippen molar-refractivity contribution in [1.82, 2.24) is 24.6 Å². The molecule has 8 heteroatoms. The number of anilines is 1. The van der Waals surface area contributed by atoms with Crippen LogP contribution in [0.5, 0.6) is 5.75 Å². The van der Waals surface area contributed by atoms with E-state index in [4.69, 9.17) is 4.74 Å². The van der Waals surface area contributed by atoms with Crippen LogP contribution in [0.2, 0.25) is 0 Å². The van der Waals surface area contributed by atoms with E-state index in [1.165, 1.54) is 6.07 Å². The smallest absolute Gasteiger partial charge is 0.203 e. The highest BCUT2D eigenvalue weighted by atomic mass is 19.1. The molecular weight excluding hydrogens is 359 g/mol. The number of nitrogens with zero attached hydrogens (tertiary/aromatic N) is 5. The summed E-state index contributed by atoms with van der Waals surface area (Å²) in [6.45, 7) is 2.89. The molecule has 0 saturated heterocycles. The Kier molecular flexibility index (Phi) is 3.89. The molecule has 28 heavy (non-hydrogen) atoms. The lowest BCUT2D eigenvalue weighted by Crippen LogP contribution is -2.08. The second kappa shape index (κ2) is 6.56. The summed E-state index contributed by atoms with van der Waals surface area (Å²) >= 11 is 0. The third-order valence-corrected chi connectivity index (χ3v) is 5.02. The van der Waals surface area contributed by atoms with Gasteiger partial charge in [0, 0.05) is 42.0 Å². The summed E-state index contributed by atoms with van der Waals surface area (Å²) in [7, 11) is 0. The van der Waals surface area contributed by atoms with Crippen molar-refractivity contribution in [3.8, 4) is 17.0 Å². The maximum atomic E-state index is 14.4. The summed E-state index contributed by atoms with van der Waals surface area (Å²) in [5.74, 6) is 1.04. The number of halogens is 1. The van der Waals surface area contributed by atoms with E-state index in [9.17, 15) is 4.39 Å². The number of fused-ring (bicyclic) bond motifs is 2. The second-order valence-electron chi connectivity index (χ2n) is 6.66. The van der Waals surface area contributed by atoms with Crippen molar-refractivity contribution in [2.45, 2.75) is 19.9 Å². The molecule has 1 aliphatic heterocycles. The quantitative estimate of drug-likeness (QED) is 0.589. The zero-order chi connectivity index (χ0) is 19.1. The van der Waals surface area contributed by atoms with Gasteiger partial charge in [0.05, 0.1) is 18.5 Å².